The summed E-state index contributed by atoms with van der Waals surface area (Å²) in [5.41, 5.74) is 0. The molecule has 1 atom stereocenters. The summed E-state index contributed by atoms with van der Waals surface area (Å²) >= 11 is 5.40. The number of nitrogens with zero attached hydrogens (tertiary/aromatic N) is 2. The Morgan fingerprint density at radius 1 is 1.79 bits per heavy atom. The molecule has 0 bridgehead atoms. The Morgan fingerprint density at radius 2 is 2.43 bits per heavy atom. The molecule has 5 nitrogen and oxygen atoms in total. The highest BCUT2D eigenvalue weighted by Crippen LogP contribution is 2.12. The summed E-state index contributed by atoms with van der Waals surface area (Å²) in [5, 5.41) is 10.7. The Hall–Kier alpha value is -1.43. The van der Waals surface area contributed by atoms with Crippen LogP contribution in [0.25, 0.3) is 0 Å². The molecular weight excluding hydrogens is 213 g/mol. The predicted molar refractivity (Wildman–Crippen MR) is 47.7 cm³/mol. The van der Waals surface area contributed by atoms with E-state index in [-0.39, 0.29) is 11.1 Å². The zero-order chi connectivity index (χ0) is 10.7. The Morgan fingerprint density at radius 3 is 3.00 bits per heavy atom. The maximum atomic E-state index is 13.0. The molecule has 76 valence electrons. The molecule has 7 heteroatoms. The van der Waals surface area contributed by atoms with E-state index in [0.29, 0.717) is 0 Å². The minimum Gasteiger partial charge on any atom is -0.480 e. The molecule has 0 saturated carbocycles. The molecule has 1 rings (SSSR count). The van der Waals surface area contributed by atoms with E-state index in [1.165, 1.54) is 6.92 Å². The first kappa shape index (κ1) is 10.6. The number of rotatable bonds is 3. The van der Waals surface area contributed by atoms with Crippen molar-refractivity contribution >= 4 is 23.4 Å². The van der Waals surface area contributed by atoms with E-state index in [2.05, 4.69) is 15.3 Å². The van der Waals surface area contributed by atoms with Gasteiger partial charge in [0.05, 0.1) is 6.20 Å². The number of hydrogen-bond donors (Lipinski definition) is 2. The van der Waals surface area contributed by atoms with E-state index in [1.54, 1.807) is 0 Å². The van der Waals surface area contributed by atoms with Crippen molar-refractivity contribution < 1.29 is 14.3 Å². The number of aliphatic carboxylic acids is 1. The summed E-state index contributed by atoms with van der Waals surface area (Å²) in [4.78, 5) is 17.3. The van der Waals surface area contributed by atoms with Gasteiger partial charge in [0.15, 0.2) is 11.6 Å². The lowest BCUT2D eigenvalue weighted by atomic mass is 10.3. The first-order valence-corrected chi connectivity index (χ1v) is 4.06. The third kappa shape index (κ3) is 2.53. The van der Waals surface area contributed by atoms with Gasteiger partial charge in [-0.2, -0.15) is 4.98 Å². The van der Waals surface area contributed by atoms with E-state index in [9.17, 15) is 9.18 Å². The minimum atomic E-state index is -1.11. The number of carbonyl (C=O) groups is 1. The van der Waals surface area contributed by atoms with Gasteiger partial charge >= 0.3 is 5.97 Å². The number of carboxylic acid groups (broad SMARTS) is 1. The fourth-order valence-electron chi connectivity index (χ4n) is 0.714. The molecule has 1 heterocycles. The van der Waals surface area contributed by atoms with Crippen LogP contribution in [0.1, 0.15) is 6.92 Å². The van der Waals surface area contributed by atoms with E-state index in [1.807, 2.05) is 0 Å². The molecule has 1 aromatic heterocycles. The molecule has 0 amide bonds. The Bertz CT molecular complexity index is 361. The van der Waals surface area contributed by atoms with Gasteiger partial charge in [0, 0.05) is 0 Å². The van der Waals surface area contributed by atoms with Crippen LogP contribution in [0.3, 0.4) is 0 Å². The van der Waals surface area contributed by atoms with Crippen molar-refractivity contribution in [1.29, 1.82) is 0 Å². The number of anilines is 1. The van der Waals surface area contributed by atoms with E-state index < -0.39 is 17.8 Å². The highest BCUT2D eigenvalue weighted by atomic mass is 35.5. The van der Waals surface area contributed by atoms with Crippen molar-refractivity contribution in [3.63, 3.8) is 0 Å². The highest BCUT2D eigenvalue weighted by Gasteiger charge is 2.14. The summed E-state index contributed by atoms with van der Waals surface area (Å²) in [6, 6.07) is -0.949. The van der Waals surface area contributed by atoms with Crippen LogP contribution in [-0.2, 0) is 4.79 Å². The molecule has 14 heavy (non-hydrogen) atoms. The fourth-order valence-corrected chi connectivity index (χ4v) is 0.847. The summed E-state index contributed by atoms with van der Waals surface area (Å²) in [7, 11) is 0. The zero-order valence-corrected chi connectivity index (χ0v) is 7.92. The summed E-state index contributed by atoms with van der Waals surface area (Å²) < 4.78 is 13.0. The molecule has 0 radical (unpaired) electrons. The Labute approximate surface area is 83.9 Å². The molecule has 0 aliphatic rings. The molecule has 1 aromatic rings. The SMILES string of the molecule is CC(Nc1nc(Cl)ncc1F)C(=O)O. The lowest BCUT2D eigenvalue weighted by Gasteiger charge is -2.09. The summed E-state index contributed by atoms with van der Waals surface area (Å²) in [5.74, 6) is -2.08. The quantitative estimate of drug-likeness (QED) is 0.746. The zero-order valence-electron chi connectivity index (χ0n) is 7.16. The van der Waals surface area contributed by atoms with Gasteiger partial charge < -0.3 is 10.4 Å². The molecule has 1 unspecified atom stereocenters. The van der Waals surface area contributed by atoms with Crippen LogP contribution in [0.5, 0.6) is 0 Å². The van der Waals surface area contributed by atoms with E-state index in [4.69, 9.17) is 16.7 Å². The molecular formula is C7H7ClFN3O2. The van der Waals surface area contributed by atoms with E-state index in [0.717, 1.165) is 6.20 Å². The topological polar surface area (TPSA) is 75.1 Å². The maximum Gasteiger partial charge on any atom is 0.325 e. The highest BCUT2D eigenvalue weighted by molar-refractivity contribution is 6.28. The van der Waals surface area contributed by atoms with Crippen molar-refractivity contribution in [3.8, 4) is 0 Å². The largest absolute Gasteiger partial charge is 0.480 e. The van der Waals surface area contributed by atoms with Gasteiger partial charge in [0.1, 0.15) is 6.04 Å². The molecule has 0 aliphatic heterocycles. The van der Waals surface area contributed by atoms with Crippen molar-refractivity contribution in [2.75, 3.05) is 5.32 Å². The van der Waals surface area contributed by atoms with Crippen LogP contribution in [0.2, 0.25) is 5.28 Å². The average Bonchev–Trinajstić information content (AvgIpc) is 2.11. The molecule has 0 aromatic carbocycles. The number of nitrogens with one attached hydrogen (secondary N) is 1. The third-order valence-corrected chi connectivity index (χ3v) is 1.62. The van der Waals surface area contributed by atoms with Gasteiger partial charge in [-0.05, 0) is 18.5 Å². The fraction of sp³-hybridized carbons (Fsp3) is 0.286. The average molecular weight is 220 g/mol. The minimum absolute atomic E-state index is 0.147. The first-order valence-electron chi connectivity index (χ1n) is 3.68. The Balaban J connectivity index is 2.85. The second kappa shape index (κ2) is 4.19. The van der Waals surface area contributed by atoms with Crippen LogP contribution < -0.4 is 5.32 Å². The maximum absolute atomic E-state index is 13.0. The molecule has 0 fully saturated rings. The van der Waals surface area contributed by atoms with Gasteiger partial charge in [-0.15, -0.1) is 0 Å². The van der Waals surface area contributed by atoms with Crippen LogP contribution >= 0.6 is 11.6 Å². The van der Waals surface area contributed by atoms with Crippen molar-refractivity contribution in [2.24, 2.45) is 0 Å². The monoisotopic (exact) mass is 219 g/mol. The summed E-state index contributed by atoms with van der Waals surface area (Å²) in [6.45, 7) is 1.36. The molecule has 2 N–H and O–H groups in total. The van der Waals surface area contributed by atoms with Gasteiger partial charge in [-0.25, -0.2) is 9.37 Å². The van der Waals surface area contributed by atoms with Gasteiger partial charge in [-0.3, -0.25) is 4.79 Å². The van der Waals surface area contributed by atoms with Crippen LogP contribution in [-0.4, -0.2) is 27.1 Å². The normalized spacial score (nSPS) is 12.2. The van der Waals surface area contributed by atoms with Crippen LogP contribution in [0, 0.1) is 5.82 Å². The number of aromatic nitrogens is 2. The standard InChI is InChI=1S/C7H7ClFN3O2/c1-3(6(13)14)11-5-4(9)2-10-7(8)12-5/h2-3H,1H3,(H,13,14)(H,10,11,12). The second-order valence-corrected chi connectivity index (χ2v) is 2.88. The van der Waals surface area contributed by atoms with Crippen molar-refractivity contribution in [3.05, 3.63) is 17.3 Å². The van der Waals surface area contributed by atoms with Gasteiger partial charge in [-0.1, -0.05) is 0 Å². The van der Waals surface area contributed by atoms with Crippen molar-refractivity contribution in [2.45, 2.75) is 13.0 Å². The lowest BCUT2D eigenvalue weighted by Crippen LogP contribution is -2.26. The second-order valence-electron chi connectivity index (χ2n) is 2.54. The molecule has 0 saturated heterocycles. The third-order valence-electron chi connectivity index (χ3n) is 1.44. The van der Waals surface area contributed by atoms with Crippen LogP contribution in [0.15, 0.2) is 6.20 Å². The van der Waals surface area contributed by atoms with E-state index >= 15 is 0 Å². The van der Waals surface area contributed by atoms with Crippen LogP contribution in [0.4, 0.5) is 10.2 Å². The van der Waals surface area contributed by atoms with Crippen molar-refractivity contribution in [1.82, 2.24) is 9.97 Å². The van der Waals surface area contributed by atoms with Gasteiger partial charge in [0.25, 0.3) is 0 Å². The molecule has 0 aliphatic carbocycles. The molecule has 0 spiro atoms. The number of hydrogen-bond acceptors (Lipinski definition) is 4. The first-order chi connectivity index (χ1) is 6.50. The smallest absolute Gasteiger partial charge is 0.325 e. The predicted octanol–water partition coefficient (Wildman–Crippen LogP) is 1.15. The Kier molecular flexibility index (Phi) is 3.19. The lowest BCUT2D eigenvalue weighted by molar-refractivity contribution is -0.137. The number of carboxylic acids is 1. The summed E-state index contributed by atoms with van der Waals surface area (Å²) in [6.07, 6.45) is 0.867. The van der Waals surface area contributed by atoms with Gasteiger partial charge in [0.2, 0.25) is 5.28 Å². The number of halogens is 2.